The van der Waals surface area contributed by atoms with E-state index in [1.165, 1.54) is 55.6 Å². The Kier molecular flexibility index (Phi) is 9.01. The van der Waals surface area contributed by atoms with E-state index in [2.05, 4.69) is 122 Å². The van der Waals surface area contributed by atoms with Gasteiger partial charge in [0.15, 0.2) is 0 Å². The summed E-state index contributed by atoms with van der Waals surface area (Å²) in [6.45, 7) is 18.0. The third kappa shape index (κ3) is 5.46. The largest absolute Gasteiger partial charge is 4.00 e. The van der Waals surface area contributed by atoms with Crippen molar-refractivity contribution in [3.05, 3.63) is 99.1 Å². The number of aryl methyl sites for hydroxylation is 1. The van der Waals surface area contributed by atoms with Gasteiger partial charge in [-0.25, -0.2) is 12.1 Å². The maximum Gasteiger partial charge on any atom is 4.00 e. The molecule has 0 N–H and O–H groups in total. The van der Waals surface area contributed by atoms with Crippen LogP contribution in [0.25, 0.3) is 23.3 Å². The molecule has 3 aliphatic carbocycles. The summed E-state index contributed by atoms with van der Waals surface area (Å²) in [5.41, 5.74) is 14.8. The molecule has 0 atom stereocenters. The molecule has 3 aromatic rings. The van der Waals surface area contributed by atoms with E-state index in [1.807, 2.05) is 0 Å². The summed E-state index contributed by atoms with van der Waals surface area (Å²) in [5, 5.41) is 0. The summed E-state index contributed by atoms with van der Waals surface area (Å²) >= 11 is 0. The van der Waals surface area contributed by atoms with Crippen LogP contribution in [0.3, 0.4) is 0 Å². The third-order valence-electron chi connectivity index (χ3n) is 7.63. The fraction of sp³-hybridized carbons (Fsp3) is 0.364. The van der Waals surface area contributed by atoms with E-state index in [0.717, 1.165) is 6.42 Å². The maximum absolute atomic E-state index is 3.50. The summed E-state index contributed by atoms with van der Waals surface area (Å²) in [7, 11) is 0. The van der Waals surface area contributed by atoms with Crippen molar-refractivity contribution in [3.63, 3.8) is 0 Å². The number of allylic oxidation sites excluding steroid dienone is 2. The molecule has 186 valence electrons. The number of hydrogen-bond acceptors (Lipinski definition) is 0. The Hall–Kier alpha value is -1.27. The Morgan fingerprint density at radius 1 is 0.833 bits per heavy atom. The summed E-state index contributed by atoms with van der Waals surface area (Å²) < 4.78 is 0. The first-order valence-electron chi connectivity index (χ1n) is 12.2. The molecule has 0 radical (unpaired) electrons. The molecule has 0 spiro atoms. The van der Waals surface area contributed by atoms with Crippen LogP contribution in [0.4, 0.5) is 0 Å². The zero-order chi connectivity index (χ0) is 23.8. The minimum atomic E-state index is 0. The van der Waals surface area contributed by atoms with Crippen LogP contribution in [0.5, 0.6) is 0 Å². The molecule has 0 aromatic heterocycles. The van der Waals surface area contributed by atoms with Crippen LogP contribution in [0, 0.1) is 13.0 Å². The Balaban J connectivity index is 0.000000304. The van der Waals surface area contributed by atoms with Gasteiger partial charge in [-0.1, -0.05) is 90.5 Å². The van der Waals surface area contributed by atoms with Gasteiger partial charge in [-0.15, -0.1) is 11.6 Å². The molecule has 0 heterocycles. The second-order valence-electron chi connectivity index (χ2n) is 12.3. The Morgan fingerprint density at radius 2 is 1.42 bits per heavy atom. The summed E-state index contributed by atoms with van der Waals surface area (Å²) in [4.78, 5) is 0. The number of fused-ring (bicyclic) bond motifs is 5. The molecule has 0 bridgehead atoms. The number of hydrogen-bond donors (Lipinski definition) is 0. The zero-order valence-corrected chi connectivity index (χ0v) is 26.7. The smallest absolute Gasteiger partial charge is 1.00 e. The van der Waals surface area contributed by atoms with Crippen molar-refractivity contribution >= 4 is 12.2 Å². The monoisotopic (exact) mass is 592 g/mol. The van der Waals surface area contributed by atoms with Gasteiger partial charge in [0.2, 0.25) is 0 Å². The van der Waals surface area contributed by atoms with Crippen LogP contribution in [-0.2, 0) is 48.9 Å². The van der Waals surface area contributed by atoms with Gasteiger partial charge in [0.1, 0.15) is 0 Å². The summed E-state index contributed by atoms with van der Waals surface area (Å²) in [6, 6.07) is 16.3. The molecule has 0 fully saturated rings. The van der Waals surface area contributed by atoms with E-state index in [0.29, 0.717) is 5.41 Å². The predicted molar refractivity (Wildman–Crippen MR) is 143 cm³/mol. The molecule has 36 heavy (non-hydrogen) atoms. The molecule has 0 aliphatic heterocycles. The van der Waals surface area contributed by atoms with Crippen molar-refractivity contribution in [2.45, 2.75) is 78.1 Å². The molecular weight excluding hydrogens is 558 g/mol. The normalized spacial score (nSPS) is 16.3. The van der Waals surface area contributed by atoms with Gasteiger partial charge >= 0.3 is 26.2 Å². The van der Waals surface area contributed by atoms with E-state index >= 15 is 0 Å². The summed E-state index contributed by atoms with van der Waals surface area (Å²) in [6.07, 6.45) is 11.4. The zero-order valence-electron chi connectivity index (χ0n) is 22.7. The molecule has 0 saturated heterocycles. The fourth-order valence-electron chi connectivity index (χ4n) is 5.43. The second kappa shape index (κ2) is 10.5. The quantitative estimate of drug-likeness (QED) is 0.275. The molecule has 0 unspecified atom stereocenters. The van der Waals surface area contributed by atoms with Crippen LogP contribution >= 0.6 is 0 Å². The van der Waals surface area contributed by atoms with Crippen molar-refractivity contribution in [1.82, 2.24) is 0 Å². The fourth-order valence-corrected chi connectivity index (χ4v) is 5.43. The van der Waals surface area contributed by atoms with Crippen LogP contribution in [0.1, 0.15) is 93.0 Å². The first kappa shape index (κ1) is 31.0. The number of benzene rings is 2. The average Bonchev–Trinajstić information content (AvgIpc) is 3.45. The topological polar surface area (TPSA) is 0 Å². The molecule has 0 saturated carbocycles. The van der Waals surface area contributed by atoms with Crippen LogP contribution in [0.2, 0.25) is 0 Å². The minimum Gasteiger partial charge on any atom is -1.00 e. The predicted octanol–water partition coefficient (Wildman–Crippen LogP) is 2.69. The third-order valence-corrected chi connectivity index (χ3v) is 7.63. The van der Waals surface area contributed by atoms with E-state index < -0.39 is 0 Å². The van der Waals surface area contributed by atoms with Gasteiger partial charge in [-0.2, -0.15) is 28.8 Å². The first-order valence-corrected chi connectivity index (χ1v) is 12.2. The first-order chi connectivity index (χ1) is 15.3. The standard InChI is InChI=1S/C23H21.C10H15.2ClH.Zr/c1-22(2)7-5-14-10-18-16(12-20(14)22)9-17-13-21-15(11-19(17)18)6-8-23(21,3)4;1-8-5-6-9(7-8)10(2,3)4;;;/h5-7,10-13H,9H2,1-4H3;5-7H,1-4H3;2*1H;/q2*-1;;;+4/p-2. The Labute approximate surface area is 250 Å². The van der Waals surface area contributed by atoms with Crippen molar-refractivity contribution in [2.24, 2.45) is 0 Å². The molecule has 3 aromatic carbocycles. The van der Waals surface area contributed by atoms with Gasteiger partial charge in [0.05, 0.1) is 0 Å². The van der Waals surface area contributed by atoms with Crippen molar-refractivity contribution in [3.8, 4) is 11.1 Å². The average molecular weight is 595 g/mol. The number of rotatable bonds is 0. The molecule has 6 rings (SSSR count). The summed E-state index contributed by atoms with van der Waals surface area (Å²) in [5.74, 6) is 0. The van der Waals surface area contributed by atoms with Gasteiger partial charge in [0.25, 0.3) is 0 Å². The molecular formula is C33H36Cl2Zr. The molecule has 0 amide bonds. The number of halogens is 2. The molecule has 3 aliphatic rings. The van der Waals surface area contributed by atoms with Crippen LogP contribution in [0.15, 0.2) is 48.5 Å². The van der Waals surface area contributed by atoms with Crippen LogP contribution in [-0.4, -0.2) is 0 Å². The van der Waals surface area contributed by atoms with Crippen LogP contribution < -0.4 is 24.8 Å². The van der Waals surface area contributed by atoms with Gasteiger partial charge in [-0.3, -0.25) is 6.08 Å². The van der Waals surface area contributed by atoms with Crippen molar-refractivity contribution in [2.75, 3.05) is 0 Å². The van der Waals surface area contributed by atoms with Crippen molar-refractivity contribution in [1.29, 1.82) is 0 Å². The Morgan fingerprint density at radius 3 is 1.94 bits per heavy atom. The van der Waals surface area contributed by atoms with Gasteiger partial charge in [0, 0.05) is 5.41 Å². The molecule has 0 nitrogen and oxygen atoms in total. The molecule has 3 heteroatoms. The van der Waals surface area contributed by atoms with E-state index in [1.54, 1.807) is 0 Å². The SMILES string of the molecule is CC1(C)[C-]=Cc2cc3c(cc21)Cc1cc2c(cc1-3)C=CC2(C)C.Cc1cc(C(C)(C)C)c[cH-]1.[Cl-].[Cl-].[Zr+4]. The van der Waals surface area contributed by atoms with E-state index in [-0.39, 0.29) is 61.8 Å². The van der Waals surface area contributed by atoms with Gasteiger partial charge in [-0.05, 0) is 45.9 Å². The van der Waals surface area contributed by atoms with Crippen molar-refractivity contribution < 1.29 is 51.0 Å². The van der Waals surface area contributed by atoms with E-state index in [9.17, 15) is 0 Å². The minimum absolute atomic E-state index is 0. The van der Waals surface area contributed by atoms with Gasteiger partial charge < -0.3 is 24.8 Å². The second-order valence-corrected chi connectivity index (χ2v) is 12.3. The Bertz CT molecular complexity index is 1250. The maximum atomic E-state index is 3.50. The van der Waals surface area contributed by atoms with E-state index in [4.69, 9.17) is 0 Å².